The van der Waals surface area contributed by atoms with Crippen LogP contribution < -0.4 is 16.0 Å². The quantitative estimate of drug-likeness (QED) is 0.206. The summed E-state index contributed by atoms with van der Waals surface area (Å²) in [6, 6.07) is 19.4. The molecule has 0 spiro atoms. The van der Waals surface area contributed by atoms with Gasteiger partial charge in [0.2, 0.25) is 0 Å². The molecule has 0 radical (unpaired) electrons. The molecule has 1 fully saturated rings. The fourth-order valence-electron chi connectivity index (χ4n) is 4.35. The molecule has 40 heavy (non-hydrogen) atoms. The van der Waals surface area contributed by atoms with Crippen LogP contribution in [-0.4, -0.2) is 73.7 Å². The first-order chi connectivity index (χ1) is 19.1. The molecule has 1 saturated carbocycles. The van der Waals surface area contributed by atoms with Crippen molar-refractivity contribution in [1.29, 1.82) is 0 Å². The van der Waals surface area contributed by atoms with Gasteiger partial charge in [0.1, 0.15) is 16.0 Å². The summed E-state index contributed by atoms with van der Waals surface area (Å²) < 4.78 is 34.3. The fraction of sp³-hybridized carbons (Fsp3) is 0.321. The number of benzene rings is 2. The van der Waals surface area contributed by atoms with Gasteiger partial charge in [-0.05, 0) is 48.2 Å². The normalized spacial score (nSPS) is 14.8. The maximum absolute atomic E-state index is 13.7. The predicted molar refractivity (Wildman–Crippen MR) is 155 cm³/mol. The molecule has 1 aromatic heterocycles. The number of nitrogens with one attached hydrogen (secondary N) is 1. The number of carbonyl (C=O) groups is 1. The van der Waals surface area contributed by atoms with Gasteiger partial charge in [0.05, 0.1) is 13.7 Å². The number of methoxy groups -OCH3 is 1. The monoisotopic (exact) mass is 585 g/mol. The summed E-state index contributed by atoms with van der Waals surface area (Å²) >= 11 is 1.23. The number of carbonyl (C=O) groups excluding carboxylic acids is 1. The van der Waals surface area contributed by atoms with Crippen LogP contribution in [0.25, 0.3) is 10.4 Å². The Labute approximate surface area is 239 Å². The summed E-state index contributed by atoms with van der Waals surface area (Å²) in [6.45, 7) is -0.0358. The van der Waals surface area contributed by atoms with Gasteiger partial charge in [0, 0.05) is 43.3 Å². The van der Waals surface area contributed by atoms with Gasteiger partial charge >= 0.3 is 0 Å². The Morgan fingerprint density at radius 3 is 2.38 bits per heavy atom. The highest BCUT2D eigenvalue weighted by Crippen LogP contribution is 2.37. The molecule has 0 aliphatic heterocycles. The minimum Gasteiger partial charge on any atom is -0.497 e. The first-order valence-electron chi connectivity index (χ1n) is 12.8. The minimum atomic E-state index is -3.80. The number of thiophene rings is 1. The Kier molecular flexibility index (Phi) is 9.48. The van der Waals surface area contributed by atoms with Crippen LogP contribution in [0.1, 0.15) is 18.4 Å². The number of sulfonamides is 1. The number of amides is 1. The smallest absolute Gasteiger partial charge is 0.267 e. The van der Waals surface area contributed by atoms with Gasteiger partial charge in [-0.25, -0.2) is 18.9 Å². The molecule has 1 aliphatic rings. The number of rotatable bonds is 13. The number of ether oxygens (including phenoxy) is 1. The fourth-order valence-corrected chi connectivity index (χ4v) is 7.46. The van der Waals surface area contributed by atoms with Crippen LogP contribution in [0, 0.1) is 0 Å². The Bertz CT molecular complexity index is 1420. The lowest BCUT2D eigenvalue weighted by molar-refractivity contribution is -0.138. The molecule has 2 aromatic carbocycles. The van der Waals surface area contributed by atoms with Crippen molar-refractivity contribution in [3.63, 3.8) is 0 Å². The van der Waals surface area contributed by atoms with Gasteiger partial charge in [-0.3, -0.25) is 15.0 Å². The van der Waals surface area contributed by atoms with E-state index in [-0.39, 0.29) is 28.9 Å². The van der Waals surface area contributed by atoms with Crippen LogP contribution >= 0.6 is 11.3 Å². The molecule has 214 valence electrons. The molecule has 4 rings (SSSR count). The molecule has 1 atom stereocenters. The number of nitrogens with two attached hydrogens (primary N) is 1. The highest BCUT2D eigenvalue weighted by Gasteiger charge is 2.39. The molecule has 4 N–H and O–H groups in total. The van der Waals surface area contributed by atoms with E-state index in [0.29, 0.717) is 5.75 Å². The zero-order chi connectivity index (χ0) is 28.9. The van der Waals surface area contributed by atoms with Crippen molar-refractivity contribution in [2.75, 3.05) is 27.7 Å². The molecule has 1 heterocycles. The first kappa shape index (κ1) is 29.6. The molecule has 0 saturated heterocycles. The van der Waals surface area contributed by atoms with Gasteiger partial charge < -0.3 is 10.5 Å². The van der Waals surface area contributed by atoms with Crippen molar-refractivity contribution in [2.24, 2.45) is 5.73 Å². The standard InChI is InChI=1S/C28H35N5O5S2/c1-31(2)32(25(28(34)30-35)17-20-9-13-24(38-3)14-10-20)18-22(29)19-33(23-11-12-23)40(36,37)27-16-15-26(39-27)21-7-5-4-6-8-21/h4-10,13-16,18,23,25,35H,11-12,17,19,29H2,1-3H3,(H,30,34)/b22-18-/t25-/m0/s1. The summed E-state index contributed by atoms with van der Waals surface area (Å²) in [5.41, 5.74) is 10.2. The van der Waals surface area contributed by atoms with Gasteiger partial charge in [0.15, 0.2) is 0 Å². The third-order valence-corrected chi connectivity index (χ3v) is 10.1. The highest BCUT2D eigenvalue weighted by atomic mass is 32.2. The van der Waals surface area contributed by atoms with E-state index in [2.05, 4.69) is 0 Å². The lowest BCUT2D eigenvalue weighted by Crippen LogP contribution is -2.51. The van der Waals surface area contributed by atoms with Gasteiger partial charge in [-0.1, -0.05) is 42.5 Å². The van der Waals surface area contributed by atoms with E-state index >= 15 is 0 Å². The number of hydrogen-bond acceptors (Lipinski definition) is 9. The van der Waals surface area contributed by atoms with Gasteiger partial charge in [0.25, 0.3) is 15.9 Å². The van der Waals surface area contributed by atoms with Crippen molar-refractivity contribution in [1.82, 2.24) is 19.8 Å². The van der Waals surface area contributed by atoms with E-state index in [1.807, 2.05) is 48.5 Å². The molecular weight excluding hydrogens is 550 g/mol. The molecule has 0 bridgehead atoms. The molecule has 1 aliphatic carbocycles. The van der Waals surface area contributed by atoms with Crippen molar-refractivity contribution in [3.05, 3.63) is 84.2 Å². The van der Waals surface area contributed by atoms with Crippen LogP contribution in [0.2, 0.25) is 0 Å². The predicted octanol–water partition coefficient (Wildman–Crippen LogP) is 3.27. The summed E-state index contributed by atoms with van der Waals surface area (Å²) in [5.74, 6) is 0.0517. The second-order valence-corrected chi connectivity index (χ2v) is 12.9. The summed E-state index contributed by atoms with van der Waals surface area (Å²) in [5, 5.41) is 12.7. The van der Waals surface area contributed by atoms with Crippen LogP contribution in [0.4, 0.5) is 0 Å². The Balaban J connectivity index is 1.58. The molecule has 12 heteroatoms. The molecule has 1 amide bonds. The Morgan fingerprint density at radius 1 is 1.12 bits per heavy atom. The maximum Gasteiger partial charge on any atom is 0.267 e. The third-order valence-electron chi connectivity index (χ3n) is 6.58. The molecule has 0 unspecified atom stereocenters. The topological polar surface area (TPSA) is 128 Å². The summed E-state index contributed by atoms with van der Waals surface area (Å²) in [6.07, 6.45) is 3.32. The summed E-state index contributed by atoms with van der Waals surface area (Å²) in [4.78, 5) is 13.6. The van der Waals surface area contributed by atoms with Gasteiger partial charge in [-0.15, -0.1) is 11.3 Å². The second kappa shape index (κ2) is 12.8. The number of hydroxylamine groups is 1. The van der Waals surface area contributed by atoms with Crippen LogP contribution in [-0.2, 0) is 21.2 Å². The highest BCUT2D eigenvalue weighted by molar-refractivity contribution is 7.91. The van der Waals surface area contributed by atoms with E-state index in [0.717, 1.165) is 28.8 Å². The maximum atomic E-state index is 13.7. The number of nitrogens with zero attached hydrogens (tertiary/aromatic N) is 3. The van der Waals surface area contributed by atoms with E-state index in [1.165, 1.54) is 15.6 Å². The zero-order valence-corrected chi connectivity index (χ0v) is 24.4. The zero-order valence-electron chi connectivity index (χ0n) is 22.7. The van der Waals surface area contributed by atoms with Crippen molar-refractivity contribution >= 4 is 27.3 Å². The Hall–Kier alpha value is -3.42. The van der Waals surface area contributed by atoms with Crippen LogP contribution in [0.5, 0.6) is 5.75 Å². The van der Waals surface area contributed by atoms with Crippen molar-refractivity contribution in [3.8, 4) is 16.2 Å². The van der Waals surface area contributed by atoms with E-state index in [1.54, 1.807) is 61.1 Å². The first-order valence-corrected chi connectivity index (χ1v) is 15.1. The second-order valence-electron chi connectivity index (χ2n) is 9.74. The van der Waals surface area contributed by atoms with Crippen molar-refractivity contribution in [2.45, 2.75) is 35.6 Å². The van der Waals surface area contributed by atoms with Crippen LogP contribution in [0.15, 0.2) is 82.8 Å². The molecular formula is C28H35N5O5S2. The number of hydrogen-bond donors (Lipinski definition) is 3. The lowest BCUT2D eigenvalue weighted by Gasteiger charge is -2.35. The average Bonchev–Trinajstić information content (AvgIpc) is 3.67. The van der Waals surface area contributed by atoms with E-state index in [4.69, 9.17) is 10.5 Å². The number of hydrazine groups is 1. The van der Waals surface area contributed by atoms with E-state index < -0.39 is 22.0 Å². The van der Waals surface area contributed by atoms with Crippen molar-refractivity contribution < 1.29 is 23.2 Å². The lowest BCUT2D eigenvalue weighted by atomic mass is 10.0. The SMILES string of the molecule is COc1ccc(C[C@@H](C(=O)NO)N(/C=C(\N)CN(C2CC2)S(=O)(=O)c2ccc(-c3ccccc3)s2)N(C)C)cc1. The summed E-state index contributed by atoms with van der Waals surface area (Å²) in [7, 11) is 1.24. The Morgan fingerprint density at radius 2 is 1.80 bits per heavy atom. The van der Waals surface area contributed by atoms with E-state index in [9.17, 15) is 18.4 Å². The third kappa shape index (κ3) is 7.01. The van der Waals surface area contributed by atoms with Crippen LogP contribution in [0.3, 0.4) is 0 Å². The largest absolute Gasteiger partial charge is 0.497 e. The minimum absolute atomic E-state index is 0.0358. The van der Waals surface area contributed by atoms with Gasteiger partial charge in [-0.2, -0.15) is 4.31 Å². The average molecular weight is 586 g/mol. The molecule has 10 nitrogen and oxygen atoms in total. The molecule has 3 aromatic rings.